The molecule has 0 amide bonds. The molecule has 0 saturated carbocycles. The van der Waals surface area contributed by atoms with Crippen LogP contribution >= 0.6 is 0 Å². The first-order valence-corrected chi connectivity index (χ1v) is 14.2. The van der Waals surface area contributed by atoms with Crippen molar-refractivity contribution in [3.63, 3.8) is 0 Å². The zero-order chi connectivity index (χ0) is 27.1. The van der Waals surface area contributed by atoms with Crippen LogP contribution in [0.3, 0.4) is 0 Å². The summed E-state index contributed by atoms with van der Waals surface area (Å²) in [5, 5.41) is 9.50. The van der Waals surface area contributed by atoms with Crippen molar-refractivity contribution in [3.05, 3.63) is 131 Å². The highest BCUT2D eigenvalue weighted by molar-refractivity contribution is 6.19. The lowest BCUT2D eigenvalue weighted by atomic mass is 9.89. The number of carbonyl (C=O) groups is 1. The predicted molar refractivity (Wildman–Crippen MR) is 171 cm³/mol. The van der Waals surface area contributed by atoms with E-state index in [4.69, 9.17) is 0 Å². The van der Waals surface area contributed by atoms with Crippen LogP contribution in [0, 0.1) is 0 Å². The Morgan fingerprint density at radius 2 is 0.925 bits per heavy atom. The standard InChI is InChI=1S/C38H31NO/c1-2-19-39-24-30(22-36-32-15-7-3-11-26(32)20-27-12-4-8-16-33(27)36)38(40)31(25-39)23-37-34-17-9-5-13-28(34)21-29-14-6-10-18-35(29)37/h3-18,20-23H,2,19,24-25H2,1H3/b30-22+,31-23+. The topological polar surface area (TPSA) is 20.3 Å². The van der Waals surface area contributed by atoms with Gasteiger partial charge in [0.05, 0.1) is 0 Å². The third-order valence-corrected chi connectivity index (χ3v) is 8.17. The highest BCUT2D eigenvalue weighted by atomic mass is 16.1. The fraction of sp³-hybridized carbons (Fsp3) is 0.132. The maximum absolute atomic E-state index is 14.3. The molecule has 0 bridgehead atoms. The molecule has 1 saturated heterocycles. The lowest BCUT2D eigenvalue weighted by Crippen LogP contribution is -2.38. The molecule has 0 spiro atoms. The van der Waals surface area contributed by atoms with E-state index in [9.17, 15) is 4.79 Å². The molecule has 2 nitrogen and oxygen atoms in total. The number of carbonyl (C=O) groups excluding carboxylic acids is 1. The molecule has 0 radical (unpaired) electrons. The van der Waals surface area contributed by atoms with E-state index in [1.807, 2.05) is 0 Å². The third-order valence-electron chi connectivity index (χ3n) is 8.17. The fourth-order valence-electron chi connectivity index (χ4n) is 6.34. The number of piperidine rings is 1. The van der Waals surface area contributed by atoms with E-state index in [0.717, 1.165) is 35.2 Å². The molecule has 0 unspecified atom stereocenters. The van der Waals surface area contributed by atoms with E-state index in [1.165, 1.54) is 43.1 Å². The monoisotopic (exact) mass is 517 g/mol. The van der Waals surface area contributed by atoms with Gasteiger partial charge in [0, 0.05) is 24.2 Å². The quantitative estimate of drug-likeness (QED) is 0.172. The molecule has 1 aliphatic heterocycles. The van der Waals surface area contributed by atoms with Crippen molar-refractivity contribution in [2.45, 2.75) is 13.3 Å². The van der Waals surface area contributed by atoms with Crippen molar-refractivity contribution < 1.29 is 4.79 Å². The highest BCUT2D eigenvalue weighted by Crippen LogP contribution is 2.34. The Morgan fingerprint density at radius 1 is 0.575 bits per heavy atom. The molecule has 194 valence electrons. The minimum atomic E-state index is 0.154. The predicted octanol–water partition coefficient (Wildman–Crippen LogP) is 9.06. The van der Waals surface area contributed by atoms with Gasteiger partial charge in [0.1, 0.15) is 0 Å². The van der Waals surface area contributed by atoms with Gasteiger partial charge >= 0.3 is 0 Å². The minimum Gasteiger partial charge on any atom is -0.295 e. The summed E-state index contributed by atoms with van der Waals surface area (Å²) in [5.41, 5.74) is 3.98. The minimum absolute atomic E-state index is 0.154. The average Bonchev–Trinajstić information content (AvgIpc) is 2.99. The maximum Gasteiger partial charge on any atom is 0.187 e. The number of Topliss-reactive ketones (excluding diaryl/α,β-unsaturated/α-hetero) is 1. The summed E-state index contributed by atoms with van der Waals surface area (Å²) >= 11 is 0. The number of fused-ring (bicyclic) bond motifs is 4. The first-order valence-electron chi connectivity index (χ1n) is 14.2. The van der Waals surface area contributed by atoms with Gasteiger partial charge in [-0.05, 0) is 91.5 Å². The van der Waals surface area contributed by atoms with Crippen molar-refractivity contribution >= 4 is 61.0 Å². The van der Waals surface area contributed by atoms with Gasteiger partial charge in [-0.3, -0.25) is 9.69 Å². The summed E-state index contributed by atoms with van der Waals surface area (Å²) in [6.07, 6.45) is 5.39. The molecule has 7 rings (SSSR count). The lowest BCUT2D eigenvalue weighted by molar-refractivity contribution is -0.113. The molecular weight excluding hydrogens is 486 g/mol. The number of benzene rings is 6. The number of nitrogens with zero attached hydrogens (tertiary/aromatic N) is 1. The smallest absolute Gasteiger partial charge is 0.187 e. The van der Waals surface area contributed by atoms with Gasteiger partial charge < -0.3 is 0 Å². The Bertz CT molecular complexity index is 1750. The van der Waals surface area contributed by atoms with E-state index in [1.54, 1.807) is 0 Å². The maximum atomic E-state index is 14.3. The van der Waals surface area contributed by atoms with E-state index in [2.05, 4.69) is 133 Å². The Labute approximate surface area is 234 Å². The second-order valence-electron chi connectivity index (χ2n) is 10.8. The van der Waals surface area contributed by atoms with Crippen LogP contribution in [0.4, 0.5) is 0 Å². The van der Waals surface area contributed by atoms with Crippen molar-refractivity contribution in [1.29, 1.82) is 0 Å². The van der Waals surface area contributed by atoms with Gasteiger partial charge in [0.2, 0.25) is 0 Å². The molecule has 6 aromatic carbocycles. The number of hydrogen-bond donors (Lipinski definition) is 0. The van der Waals surface area contributed by atoms with Gasteiger partial charge in [-0.2, -0.15) is 0 Å². The molecule has 1 fully saturated rings. The van der Waals surface area contributed by atoms with Gasteiger partial charge in [-0.1, -0.05) is 104 Å². The first-order chi connectivity index (χ1) is 19.7. The highest BCUT2D eigenvalue weighted by Gasteiger charge is 2.26. The SMILES string of the molecule is CCCN1C/C(=C\c2c3ccccc3cc3ccccc23)C(=O)/C(=C/c2c3ccccc3cc3ccccc23)C1. The summed E-state index contributed by atoms with van der Waals surface area (Å²) in [6, 6.07) is 38.5. The molecule has 2 heteroatoms. The van der Waals surface area contributed by atoms with E-state index < -0.39 is 0 Å². The van der Waals surface area contributed by atoms with Crippen LogP contribution in [0.1, 0.15) is 24.5 Å². The van der Waals surface area contributed by atoms with Crippen molar-refractivity contribution in [1.82, 2.24) is 4.90 Å². The Morgan fingerprint density at radius 3 is 1.27 bits per heavy atom. The van der Waals surface area contributed by atoms with Crippen LogP contribution in [0.2, 0.25) is 0 Å². The van der Waals surface area contributed by atoms with Crippen LogP contribution in [0.15, 0.2) is 120 Å². The van der Waals surface area contributed by atoms with Gasteiger partial charge in [-0.25, -0.2) is 0 Å². The summed E-state index contributed by atoms with van der Waals surface area (Å²) < 4.78 is 0. The molecule has 40 heavy (non-hydrogen) atoms. The Balaban J connectivity index is 1.44. The second-order valence-corrected chi connectivity index (χ2v) is 10.8. The molecule has 0 aliphatic carbocycles. The zero-order valence-electron chi connectivity index (χ0n) is 22.7. The Kier molecular flexibility index (Phi) is 6.26. The lowest BCUT2D eigenvalue weighted by Gasteiger charge is -2.30. The fourth-order valence-corrected chi connectivity index (χ4v) is 6.34. The molecule has 0 aromatic heterocycles. The zero-order valence-corrected chi connectivity index (χ0v) is 22.7. The van der Waals surface area contributed by atoms with Gasteiger partial charge in [0.15, 0.2) is 5.78 Å². The first kappa shape index (κ1) is 24.5. The largest absolute Gasteiger partial charge is 0.295 e. The molecule has 6 aromatic rings. The average molecular weight is 518 g/mol. The van der Waals surface area contributed by atoms with Gasteiger partial charge in [0.25, 0.3) is 0 Å². The summed E-state index contributed by atoms with van der Waals surface area (Å²) in [4.78, 5) is 16.7. The number of likely N-dealkylation sites (tertiary alicyclic amines) is 1. The summed E-state index contributed by atoms with van der Waals surface area (Å²) in [7, 11) is 0. The molecule has 1 heterocycles. The van der Waals surface area contributed by atoms with E-state index in [-0.39, 0.29) is 5.78 Å². The molecular formula is C38H31NO. The molecule has 1 aliphatic rings. The van der Waals surface area contributed by atoms with Gasteiger partial charge in [-0.15, -0.1) is 0 Å². The van der Waals surface area contributed by atoms with Crippen LogP contribution in [-0.2, 0) is 4.79 Å². The van der Waals surface area contributed by atoms with E-state index >= 15 is 0 Å². The van der Waals surface area contributed by atoms with Crippen LogP contribution < -0.4 is 0 Å². The number of ketones is 1. The number of hydrogen-bond acceptors (Lipinski definition) is 2. The van der Waals surface area contributed by atoms with Crippen LogP contribution in [0.5, 0.6) is 0 Å². The normalized spacial score (nSPS) is 16.7. The Hall–Kier alpha value is -4.53. The van der Waals surface area contributed by atoms with Crippen molar-refractivity contribution in [3.8, 4) is 0 Å². The second kappa shape index (κ2) is 10.2. The van der Waals surface area contributed by atoms with Crippen molar-refractivity contribution in [2.24, 2.45) is 0 Å². The molecule has 0 atom stereocenters. The summed E-state index contributed by atoms with van der Waals surface area (Å²) in [6.45, 7) is 4.49. The van der Waals surface area contributed by atoms with Crippen molar-refractivity contribution in [2.75, 3.05) is 19.6 Å². The summed E-state index contributed by atoms with van der Waals surface area (Å²) in [5.74, 6) is 0.154. The molecule has 0 N–H and O–H groups in total. The third kappa shape index (κ3) is 4.31. The number of rotatable bonds is 4. The van der Waals surface area contributed by atoms with Crippen LogP contribution in [-0.4, -0.2) is 30.3 Å². The van der Waals surface area contributed by atoms with E-state index in [0.29, 0.717) is 13.1 Å². The van der Waals surface area contributed by atoms with Crippen LogP contribution in [0.25, 0.3) is 55.2 Å².